The van der Waals surface area contributed by atoms with Crippen molar-refractivity contribution >= 4 is 11.8 Å². The number of carbonyl (C=O) groups is 2. The number of hydrogen-bond donors (Lipinski definition) is 3. The highest BCUT2D eigenvalue weighted by atomic mass is 16.5. The minimum Gasteiger partial charge on any atom is -0.352 e. The summed E-state index contributed by atoms with van der Waals surface area (Å²) in [6, 6.07) is 17.4. The van der Waals surface area contributed by atoms with E-state index in [1.165, 1.54) is 11.1 Å². The van der Waals surface area contributed by atoms with Gasteiger partial charge < -0.3 is 5.32 Å². The summed E-state index contributed by atoms with van der Waals surface area (Å²) in [5, 5.41) is 11.9. The zero-order valence-electron chi connectivity index (χ0n) is 13.2. The van der Waals surface area contributed by atoms with E-state index in [0.717, 1.165) is 18.4 Å². The Labute approximate surface area is 140 Å². The van der Waals surface area contributed by atoms with E-state index in [0.29, 0.717) is 0 Å². The Kier molecular flexibility index (Phi) is 4.91. The number of amides is 2. The van der Waals surface area contributed by atoms with E-state index in [4.69, 9.17) is 5.21 Å². The summed E-state index contributed by atoms with van der Waals surface area (Å²) in [5.41, 5.74) is 4.94. The van der Waals surface area contributed by atoms with Crippen LogP contribution in [0, 0.1) is 5.92 Å². The van der Waals surface area contributed by atoms with E-state index in [2.05, 4.69) is 17.4 Å². The number of benzene rings is 2. The molecule has 0 radical (unpaired) electrons. The van der Waals surface area contributed by atoms with Crippen LogP contribution >= 0.6 is 0 Å². The second-order valence-corrected chi connectivity index (χ2v) is 6.10. The van der Waals surface area contributed by atoms with Gasteiger partial charge in [-0.1, -0.05) is 54.6 Å². The molecule has 1 aliphatic rings. The standard InChI is InChI=1S/C19H20N2O3/c22-18(20-16-11-14-8-4-5-9-15(14)12-16)17(19(23)21-24)10-13-6-2-1-3-7-13/h1-9,16-17,24H,10-12H2,(H,20,22)(H,21,23). The molecule has 2 aromatic rings. The second-order valence-electron chi connectivity index (χ2n) is 6.10. The molecule has 0 aliphatic heterocycles. The maximum absolute atomic E-state index is 12.6. The maximum atomic E-state index is 12.6. The first-order chi connectivity index (χ1) is 11.7. The molecule has 1 unspecified atom stereocenters. The van der Waals surface area contributed by atoms with E-state index in [9.17, 15) is 9.59 Å². The van der Waals surface area contributed by atoms with Gasteiger partial charge in [0.25, 0.3) is 5.91 Å². The molecule has 0 fully saturated rings. The number of fused-ring (bicyclic) bond motifs is 1. The van der Waals surface area contributed by atoms with Crippen molar-refractivity contribution in [2.24, 2.45) is 5.92 Å². The number of hydroxylamine groups is 1. The quantitative estimate of drug-likeness (QED) is 0.444. The minimum absolute atomic E-state index is 0.0142. The lowest BCUT2D eigenvalue weighted by molar-refractivity contribution is -0.140. The Balaban J connectivity index is 1.67. The van der Waals surface area contributed by atoms with Crippen molar-refractivity contribution < 1.29 is 14.8 Å². The van der Waals surface area contributed by atoms with E-state index in [1.54, 1.807) is 5.48 Å². The third-order valence-corrected chi connectivity index (χ3v) is 4.42. The lowest BCUT2D eigenvalue weighted by Crippen LogP contribution is -2.45. The third kappa shape index (κ3) is 3.63. The zero-order chi connectivity index (χ0) is 16.9. The van der Waals surface area contributed by atoms with Crippen molar-refractivity contribution in [1.82, 2.24) is 10.8 Å². The van der Waals surface area contributed by atoms with Gasteiger partial charge in [0.1, 0.15) is 5.92 Å². The number of carbonyl (C=O) groups excluding carboxylic acids is 2. The molecule has 2 aromatic carbocycles. The van der Waals surface area contributed by atoms with Crippen molar-refractivity contribution in [2.45, 2.75) is 25.3 Å². The topological polar surface area (TPSA) is 78.4 Å². The zero-order valence-corrected chi connectivity index (χ0v) is 13.2. The van der Waals surface area contributed by atoms with Crippen LogP contribution in [0.5, 0.6) is 0 Å². The van der Waals surface area contributed by atoms with Crippen molar-refractivity contribution in [1.29, 1.82) is 0 Å². The Hall–Kier alpha value is -2.66. The predicted molar refractivity (Wildman–Crippen MR) is 89.3 cm³/mol. The highest BCUT2D eigenvalue weighted by molar-refractivity contribution is 6.00. The molecule has 2 amide bonds. The lowest BCUT2D eigenvalue weighted by Gasteiger charge is -2.18. The molecule has 0 heterocycles. The Bertz CT molecular complexity index is 705. The van der Waals surface area contributed by atoms with Gasteiger partial charge in [0.15, 0.2) is 0 Å². The average Bonchev–Trinajstić information content (AvgIpc) is 3.02. The molecule has 1 atom stereocenters. The second kappa shape index (κ2) is 7.27. The largest absolute Gasteiger partial charge is 0.352 e. The summed E-state index contributed by atoms with van der Waals surface area (Å²) < 4.78 is 0. The van der Waals surface area contributed by atoms with Crippen LogP contribution < -0.4 is 10.8 Å². The molecule has 1 aliphatic carbocycles. The Morgan fingerprint density at radius 2 is 1.54 bits per heavy atom. The van der Waals surface area contributed by atoms with Gasteiger partial charge in [-0.05, 0) is 36.0 Å². The highest BCUT2D eigenvalue weighted by Gasteiger charge is 2.30. The summed E-state index contributed by atoms with van der Waals surface area (Å²) in [4.78, 5) is 24.5. The van der Waals surface area contributed by atoms with Gasteiger partial charge in [-0.3, -0.25) is 14.8 Å². The monoisotopic (exact) mass is 324 g/mol. The summed E-state index contributed by atoms with van der Waals surface area (Å²) in [5.74, 6) is -2.00. The Morgan fingerprint density at radius 1 is 0.958 bits per heavy atom. The third-order valence-electron chi connectivity index (χ3n) is 4.42. The molecule has 3 N–H and O–H groups in total. The Morgan fingerprint density at radius 3 is 2.12 bits per heavy atom. The van der Waals surface area contributed by atoms with Crippen LogP contribution in [0.1, 0.15) is 16.7 Å². The van der Waals surface area contributed by atoms with Crippen LogP contribution in [-0.4, -0.2) is 23.1 Å². The number of rotatable bonds is 5. The highest BCUT2D eigenvalue weighted by Crippen LogP contribution is 2.22. The molecular formula is C19H20N2O3. The van der Waals surface area contributed by atoms with Gasteiger partial charge >= 0.3 is 0 Å². The summed E-state index contributed by atoms with van der Waals surface area (Å²) in [6.45, 7) is 0. The lowest BCUT2D eigenvalue weighted by atomic mass is 9.97. The molecule has 24 heavy (non-hydrogen) atoms. The molecule has 124 valence electrons. The molecule has 0 bridgehead atoms. The molecule has 5 nitrogen and oxygen atoms in total. The molecule has 0 spiro atoms. The maximum Gasteiger partial charge on any atom is 0.256 e. The van der Waals surface area contributed by atoms with Gasteiger partial charge in [0.2, 0.25) is 5.91 Å². The first-order valence-corrected chi connectivity index (χ1v) is 8.02. The van der Waals surface area contributed by atoms with Crippen LogP contribution in [-0.2, 0) is 28.9 Å². The van der Waals surface area contributed by atoms with Crippen molar-refractivity contribution in [3.05, 3.63) is 71.3 Å². The number of hydrogen-bond acceptors (Lipinski definition) is 3. The van der Waals surface area contributed by atoms with Gasteiger partial charge in [-0.15, -0.1) is 0 Å². The van der Waals surface area contributed by atoms with Crippen LogP contribution in [0.25, 0.3) is 0 Å². The SMILES string of the molecule is O=C(NO)C(Cc1ccccc1)C(=O)NC1Cc2ccccc2C1. The molecule has 0 saturated carbocycles. The summed E-state index contributed by atoms with van der Waals surface area (Å²) in [7, 11) is 0. The van der Waals surface area contributed by atoms with E-state index in [1.807, 2.05) is 42.5 Å². The summed E-state index contributed by atoms with van der Waals surface area (Å²) in [6.07, 6.45) is 1.78. The predicted octanol–water partition coefficient (Wildman–Crippen LogP) is 1.63. The minimum atomic E-state index is -0.957. The fourth-order valence-corrected chi connectivity index (χ4v) is 3.19. The summed E-state index contributed by atoms with van der Waals surface area (Å²) >= 11 is 0. The molecule has 3 rings (SSSR count). The average molecular weight is 324 g/mol. The van der Waals surface area contributed by atoms with Gasteiger partial charge in [0, 0.05) is 6.04 Å². The van der Waals surface area contributed by atoms with Gasteiger partial charge in [-0.2, -0.15) is 0 Å². The van der Waals surface area contributed by atoms with Crippen molar-refractivity contribution in [2.75, 3.05) is 0 Å². The van der Waals surface area contributed by atoms with E-state index >= 15 is 0 Å². The fourth-order valence-electron chi connectivity index (χ4n) is 3.19. The molecule has 0 aromatic heterocycles. The first-order valence-electron chi connectivity index (χ1n) is 8.02. The van der Waals surface area contributed by atoms with Crippen LogP contribution in [0.3, 0.4) is 0 Å². The fraction of sp³-hybridized carbons (Fsp3) is 0.263. The smallest absolute Gasteiger partial charge is 0.256 e. The van der Waals surface area contributed by atoms with E-state index in [-0.39, 0.29) is 18.4 Å². The van der Waals surface area contributed by atoms with Crippen LogP contribution in [0.2, 0.25) is 0 Å². The number of nitrogens with one attached hydrogen (secondary N) is 2. The normalized spacial score (nSPS) is 14.7. The van der Waals surface area contributed by atoms with Crippen LogP contribution in [0.15, 0.2) is 54.6 Å². The molecule has 0 saturated heterocycles. The van der Waals surface area contributed by atoms with Crippen molar-refractivity contribution in [3.63, 3.8) is 0 Å². The molecular weight excluding hydrogens is 304 g/mol. The van der Waals surface area contributed by atoms with Gasteiger partial charge in [-0.25, -0.2) is 5.48 Å². The molecule has 5 heteroatoms. The first kappa shape index (κ1) is 16.2. The van der Waals surface area contributed by atoms with Crippen molar-refractivity contribution in [3.8, 4) is 0 Å². The van der Waals surface area contributed by atoms with Gasteiger partial charge in [0.05, 0.1) is 0 Å². The van der Waals surface area contributed by atoms with Crippen LogP contribution in [0.4, 0.5) is 0 Å². The van der Waals surface area contributed by atoms with E-state index < -0.39 is 11.8 Å².